The molecule has 1 aliphatic heterocycles. The molecule has 4 N–H and O–H groups in total. The van der Waals surface area contributed by atoms with Crippen molar-refractivity contribution in [3.05, 3.63) is 59.8 Å². The van der Waals surface area contributed by atoms with Crippen LogP contribution in [0.4, 0.5) is 0 Å². The predicted molar refractivity (Wildman–Crippen MR) is 93.2 cm³/mol. The van der Waals surface area contributed by atoms with Crippen molar-refractivity contribution in [3.63, 3.8) is 0 Å². The first-order valence-electron chi connectivity index (χ1n) is 8.42. The van der Waals surface area contributed by atoms with E-state index in [9.17, 15) is 4.79 Å². The Labute approximate surface area is 152 Å². The number of nitrogens with zero attached hydrogens (tertiary/aromatic N) is 2. The second kappa shape index (κ2) is 7.25. The largest absolute Gasteiger partial charge is 1.00 e. The fourth-order valence-corrected chi connectivity index (χ4v) is 3.52. The van der Waals surface area contributed by atoms with Crippen molar-refractivity contribution in [1.29, 1.82) is 0 Å². The quantitative estimate of drug-likeness (QED) is 0.603. The van der Waals surface area contributed by atoms with Crippen LogP contribution in [0.25, 0.3) is 16.6 Å². The molecule has 0 aliphatic carbocycles. The number of quaternary nitrogens is 1. The van der Waals surface area contributed by atoms with Crippen LogP contribution in [0.2, 0.25) is 0 Å². The van der Waals surface area contributed by atoms with Crippen molar-refractivity contribution in [2.45, 2.75) is 18.8 Å². The van der Waals surface area contributed by atoms with Crippen molar-refractivity contribution in [2.75, 3.05) is 13.1 Å². The van der Waals surface area contributed by atoms with Crippen LogP contribution in [0.3, 0.4) is 0 Å². The van der Waals surface area contributed by atoms with E-state index >= 15 is 0 Å². The van der Waals surface area contributed by atoms with Gasteiger partial charge in [-0.1, -0.05) is 24.3 Å². The number of carbonyl (C=O) groups is 1. The number of piperidine rings is 1. The Morgan fingerprint density at radius 1 is 1.20 bits per heavy atom. The molecule has 130 valence electrons. The van der Waals surface area contributed by atoms with Crippen LogP contribution in [-0.4, -0.2) is 28.8 Å². The van der Waals surface area contributed by atoms with Crippen LogP contribution in [0.5, 0.6) is 0 Å². The first-order valence-corrected chi connectivity index (χ1v) is 8.42. The van der Waals surface area contributed by atoms with E-state index in [1.54, 1.807) is 6.07 Å². The molecule has 25 heavy (non-hydrogen) atoms. The molecule has 0 radical (unpaired) electrons. The van der Waals surface area contributed by atoms with Crippen LogP contribution in [0.15, 0.2) is 48.7 Å². The molecular formula is C19H21ClN4O. The summed E-state index contributed by atoms with van der Waals surface area (Å²) in [6, 6.07) is 14.1. The highest BCUT2D eigenvalue weighted by molar-refractivity contribution is 6.04. The minimum atomic E-state index is -0.449. The SMILES string of the molecule is NC(=O)c1cccc2cn(-c3ccc([C@H]4CCC[NH2+]C4)cc3)nc12.[Cl-]. The molecule has 1 fully saturated rings. The highest BCUT2D eigenvalue weighted by Crippen LogP contribution is 2.24. The van der Waals surface area contributed by atoms with Crippen molar-refractivity contribution in [2.24, 2.45) is 5.73 Å². The topological polar surface area (TPSA) is 77.5 Å². The molecule has 1 aliphatic rings. The maximum atomic E-state index is 11.6. The third-order valence-corrected chi connectivity index (χ3v) is 4.84. The van der Waals surface area contributed by atoms with Gasteiger partial charge in [0.2, 0.25) is 0 Å². The maximum Gasteiger partial charge on any atom is 0.250 e. The first-order chi connectivity index (χ1) is 11.7. The van der Waals surface area contributed by atoms with Crippen molar-refractivity contribution in [3.8, 4) is 5.69 Å². The molecule has 1 saturated heterocycles. The molecule has 1 aromatic heterocycles. The highest BCUT2D eigenvalue weighted by atomic mass is 35.5. The van der Waals surface area contributed by atoms with Gasteiger partial charge in [-0.3, -0.25) is 4.79 Å². The van der Waals surface area contributed by atoms with Crippen LogP contribution in [0.1, 0.15) is 34.7 Å². The fourth-order valence-electron chi connectivity index (χ4n) is 3.52. The molecular weight excluding hydrogens is 336 g/mol. The standard InChI is InChI=1S/C19H20N4O.ClH/c20-19(24)17-5-1-3-15-12-23(22-18(15)17)16-8-6-13(7-9-16)14-4-2-10-21-11-14;/h1,3,5-9,12,14,21H,2,4,10-11H2,(H2,20,24);1H/t14-;/m0./s1. The second-order valence-corrected chi connectivity index (χ2v) is 6.43. The van der Waals surface area contributed by atoms with Crippen molar-refractivity contribution in [1.82, 2.24) is 9.78 Å². The Morgan fingerprint density at radius 2 is 2.00 bits per heavy atom. The number of nitrogens with two attached hydrogens (primary N) is 2. The molecule has 1 amide bonds. The van der Waals surface area contributed by atoms with Gasteiger partial charge in [0.05, 0.1) is 24.3 Å². The van der Waals surface area contributed by atoms with Crippen LogP contribution < -0.4 is 23.5 Å². The Balaban J connectivity index is 0.00000182. The van der Waals surface area contributed by atoms with Crippen LogP contribution >= 0.6 is 0 Å². The minimum Gasteiger partial charge on any atom is -1.00 e. The van der Waals surface area contributed by atoms with Gasteiger partial charge >= 0.3 is 0 Å². The number of fused-ring (bicyclic) bond motifs is 1. The van der Waals surface area contributed by atoms with E-state index in [1.165, 1.54) is 31.5 Å². The second-order valence-electron chi connectivity index (χ2n) is 6.43. The number of benzene rings is 2. The first kappa shape index (κ1) is 17.5. The lowest BCUT2D eigenvalue weighted by atomic mass is 9.92. The fraction of sp³-hybridized carbons (Fsp3) is 0.263. The molecule has 6 heteroatoms. The van der Waals surface area contributed by atoms with Gasteiger partial charge in [0.25, 0.3) is 5.91 Å². The van der Waals surface area contributed by atoms with Gasteiger partial charge < -0.3 is 23.5 Å². The van der Waals surface area contributed by atoms with E-state index in [4.69, 9.17) is 5.73 Å². The van der Waals surface area contributed by atoms with Gasteiger partial charge in [-0.25, -0.2) is 4.68 Å². The number of hydrogen-bond donors (Lipinski definition) is 2. The van der Waals surface area contributed by atoms with E-state index in [1.807, 2.05) is 23.0 Å². The summed E-state index contributed by atoms with van der Waals surface area (Å²) in [5.41, 5.74) is 8.93. The lowest BCUT2D eigenvalue weighted by Gasteiger charge is -2.20. The van der Waals surface area contributed by atoms with Gasteiger partial charge in [-0.05, 0) is 36.6 Å². The number of hydrogen-bond acceptors (Lipinski definition) is 2. The predicted octanol–water partition coefficient (Wildman–Crippen LogP) is -1.43. The lowest BCUT2D eigenvalue weighted by molar-refractivity contribution is -0.664. The Kier molecular flexibility index (Phi) is 5.06. The zero-order chi connectivity index (χ0) is 16.5. The summed E-state index contributed by atoms with van der Waals surface area (Å²) in [5.74, 6) is 0.195. The van der Waals surface area contributed by atoms with E-state index in [2.05, 4.69) is 34.7 Å². The van der Waals surface area contributed by atoms with Crippen LogP contribution in [-0.2, 0) is 0 Å². The van der Waals surface area contributed by atoms with Crippen molar-refractivity contribution >= 4 is 16.8 Å². The number of primary amides is 1. The minimum absolute atomic E-state index is 0. The molecule has 3 aromatic rings. The maximum absolute atomic E-state index is 11.6. The van der Waals surface area contributed by atoms with Gasteiger partial charge in [0.1, 0.15) is 5.52 Å². The van der Waals surface area contributed by atoms with E-state index in [0.717, 1.165) is 11.1 Å². The van der Waals surface area contributed by atoms with E-state index in [-0.39, 0.29) is 12.4 Å². The lowest BCUT2D eigenvalue weighted by Crippen LogP contribution is -3.00. The summed E-state index contributed by atoms with van der Waals surface area (Å²) in [5, 5.41) is 7.87. The molecule has 1 atom stereocenters. The van der Waals surface area contributed by atoms with E-state index in [0.29, 0.717) is 17.0 Å². The zero-order valence-electron chi connectivity index (χ0n) is 13.9. The smallest absolute Gasteiger partial charge is 0.250 e. The molecule has 0 spiro atoms. The number of halogens is 1. The number of carbonyl (C=O) groups excluding carboxylic acids is 1. The zero-order valence-corrected chi connectivity index (χ0v) is 14.6. The Bertz CT molecular complexity index is 882. The molecule has 0 bridgehead atoms. The van der Waals surface area contributed by atoms with Gasteiger partial charge in [-0.2, -0.15) is 5.10 Å². The summed E-state index contributed by atoms with van der Waals surface area (Å²) >= 11 is 0. The molecule has 0 unspecified atom stereocenters. The number of rotatable bonds is 3. The molecule has 2 heterocycles. The van der Waals surface area contributed by atoms with Crippen molar-refractivity contribution < 1.29 is 22.5 Å². The number of aromatic nitrogens is 2. The summed E-state index contributed by atoms with van der Waals surface area (Å²) in [6.45, 7) is 2.42. The third-order valence-electron chi connectivity index (χ3n) is 4.84. The van der Waals surface area contributed by atoms with Gasteiger partial charge in [0.15, 0.2) is 0 Å². The average Bonchev–Trinajstić information content (AvgIpc) is 3.06. The number of amides is 1. The third kappa shape index (κ3) is 3.38. The normalized spacial score (nSPS) is 17.2. The van der Waals surface area contributed by atoms with Crippen LogP contribution in [0, 0.1) is 0 Å². The molecule has 0 saturated carbocycles. The molecule has 5 nitrogen and oxygen atoms in total. The summed E-state index contributed by atoms with van der Waals surface area (Å²) in [6.07, 6.45) is 4.49. The Morgan fingerprint density at radius 3 is 2.68 bits per heavy atom. The van der Waals surface area contributed by atoms with Gasteiger partial charge in [0, 0.05) is 17.5 Å². The molecule has 2 aromatic carbocycles. The highest BCUT2D eigenvalue weighted by Gasteiger charge is 2.18. The average molecular weight is 357 g/mol. The monoisotopic (exact) mass is 356 g/mol. The van der Waals surface area contributed by atoms with E-state index < -0.39 is 5.91 Å². The Hall–Kier alpha value is -2.37. The van der Waals surface area contributed by atoms with Gasteiger partial charge in [-0.15, -0.1) is 0 Å². The summed E-state index contributed by atoms with van der Waals surface area (Å²) in [4.78, 5) is 11.6. The summed E-state index contributed by atoms with van der Waals surface area (Å²) < 4.78 is 1.81. The summed E-state index contributed by atoms with van der Waals surface area (Å²) in [7, 11) is 0. The molecule has 4 rings (SSSR count).